The molecule has 5 heteroatoms. The Morgan fingerprint density at radius 2 is 2.13 bits per heavy atom. The molecule has 0 aliphatic carbocycles. The van der Waals surface area contributed by atoms with Crippen LogP contribution in [0, 0.1) is 11.3 Å². The van der Waals surface area contributed by atoms with Gasteiger partial charge in [-0.05, 0) is 23.6 Å². The molecule has 0 fully saturated rings. The smallest absolute Gasteiger partial charge is 0.175 e. The van der Waals surface area contributed by atoms with Crippen molar-refractivity contribution >= 4 is 0 Å². The van der Waals surface area contributed by atoms with Crippen LogP contribution in [0.3, 0.4) is 0 Å². The van der Waals surface area contributed by atoms with Crippen LogP contribution in [0.4, 0.5) is 0 Å². The molecule has 0 radical (unpaired) electrons. The Kier molecular flexibility index (Phi) is 3.79. The zero-order valence-corrected chi connectivity index (χ0v) is 10.3. The van der Waals surface area contributed by atoms with E-state index in [0.717, 1.165) is 18.8 Å². The van der Waals surface area contributed by atoms with Crippen molar-refractivity contribution in [3.8, 4) is 0 Å². The van der Waals surface area contributed by atoms with Crippen LogP contribution in [0.2, 0.25) is 0 Å². The number of nitrogens with one attached hydrogen (secondary N) is 1. The number of hydrogen-bond donors (Lipinski definition) is 1. The molecule has 15 heavy (non-hydrogen) atoms. The molecule has 1 aromatic rings. The Labute approximate surface area is 91.2 Å². The number of nitrogens with zero attached hydrogens (tertiary/aromatic N) is 4. The molecule has 0 aliphatic rings. The third-order valence-electron chi connectivity index (χ3n) is 3.09. The van der Waals surface area contributed by atoms with E-state index in [0.29, 0.717) is 5.92 Å². The predicted molar refractivity (Wildman–Crippen MR) is 59.4 cm³/mol. The van der Waals surface area contributed by atoms with Gasteiger partial charge in [-0.25, -0.2) is 0 Å². The summed E-state index contributed by atoms with van der Waals surface area (Å²) < 4.78 is 0. The van der Waals surface area contributed by atoms with Gasteiger partial charge in [0.05, 0.1) is 7.05 Å². The van der Waals surface area contributed by atoms with E-state index >= 15 is 0 Å². The summed E-state index contributed by atoms with van der Waals surface area (Å²) in [6.45, 7) is 7.68. The van der Waals surface area contributed by atoms with E-state index in [-0.39, 0.29) is 5.41 Å². The zero-order valence-electron chi connectivity index (χ0n) is 10.3. The fraction of sp³-hybridized carbons (Fsp3) is 0.900. The van der Waals surface area contributed by atoms with Crippen LogP contribution in [0.25, 0.3) is 0 Å². The summed E-state index contributed by atoms with van der Waals surface area (Å²) >= 11 is 0. The molecular formula is C10H21N5. The van der Waals surface area contributed by atoms with Gasteiger partial charge in [0.2, 0.25) is 0 Å². The second-order valence-electron chi connectivity index (χ2n) is 4.71. The molecular weight excluding hydrogens is 190 g/mol. The van der Waals surface area contributed by atoms with Crippen LogP contribution in [-0.2, 0) is 13.5 Å². The van der Waals surface area contributed by atoms with Crippen molar-refractivity contribution < 1.29 is 0 Å². The largest absolute Gasteiger partial charge is 0.319 e. The summed E-state index contributed by atoms with van der Waals surface area (Å²) in [5.74, 6) is 1.40. The van der Waals surface area contributed by atoms with Gasteiger partial charge in [-0.1, -0.05) is 20.8 Å². The first-order chi connectivity index (χ1) is 6.98. The average molecular weight is 211 g/mol. The Hall–Kier alpha value is -0.970. The van der Waals surface area contributed by atoms with E-state index in [1.807, 2.05) is 7.05 Å². The highest BCUT2D eigenvalue weighted by Crippen LogP contribution is 2.29. The number of tetrazole rings is 1. The van der Waals surface area contributed by atoms with E-state index in [1.54, 1.807) is 7.05 Å². The van der Waals surface area contributed by atoms with E-state index in [2.05, 4.69) is 41.5 Å². The highest BCUT2D eigenvalue weighted by molar-refractivity contribution is 4.91. The van der Waals surface area contributed by atoms with Crippen molar-refractivity contribution in [3.63, 3.8) is 0 Å². The van der Waals surface area contributed by atoms with Crippen LogP contribution < -0.4 is 5.32 Å². The number of aryl methyl sites for hydroxylation is 1. The van der Waals surface area contributed by atoms with Gasteiger partial charge in [0.15, 0.2) is 5.82 Å². The van der Waals surface area contributed by atoms with Gasteiger partial charge >= 0.3 is 0 Å². The summed E-state index contributed by atoms with van der Waals surface area (Å²) in [4.78, 5) is 1.51. The molecule has 0 spiro atoms. The molecule has 1 aromatic heterocycles. The maximum Gasteiger partial charge on any atom is 0.175 e. The van der Waals surface area contributed by atoms with Crippen molar-refractivity contribution in [1.29, 1.82) is 0 Å². The van der Waals surface area contributed by atoms with Crippen LogP contribution >= 0.6 is 0 Å². The quantitative estimate of drug-likeness (QED) is 0.776. The molecule has 1 N–H and O–H groups in total. The molecule has 0 aliphatic heterocycles. The zero-order chi connectivity index (χ0) is 11.5. The molecule has 86 valence electrons. The van der Waals surface area contributed by atoms with E-state index in [1.165, 1.54) is 4.80 Å². The first-order valence-electron chi connectivity index (χ1n) is 5.35. The lowest BCUT2D eigenvalue weighted by molar-refractivity contribution is 0.208. The van der Waals surface area contributed by atoms with E-state index in [9.17, 15) is 0 Å². The third kappa shape index (κ3) is 2.99. The molecule has 1 unspecified atom stereocenters. The number of aromatic nitrogens is 4. The SMILES string of the molecule is CNCC(C)(Cc1nnn(C)n1)C(C)C. The Balaban J connectivity index is 2.74. The van der Waals surface area contributed by atoms with Gasteiger partial charge in [-0.2, -0.15) is 4.80 Å². The van der Waals surface area contributed by atoms with Gasteiger partial charge in [-0.3, -0.25) is 0 Å². The lowest BCUT2D eigenvalue weighted by Gasteiger charge is -2.32. The van der Waals surface area contributed by atoms with Gasteiger partial charge in [-0.15, -0.1) is 10.2 Å². The Bertz CT molecular complexity index is 307. The third-order valence-corrected chi connectivity index (χ3v) is 3.09. The molecule has 5 nitrogen and oxygen atoms in total. The van der Waals surface area contributed by atoms with Gasteiger partial charge in [0.25, 0.3) is 0 Å². The Morgan fingerprint density at radius 3 is 2.53 bits per heavy atom. The summed E-state index contributed by atoms with van der Waals surface area (Å²) in [5.41, 5.74) is 0.178. The summed E-state index contributed by atoms with van der Waals surface area (Å²) in [6, 6.07) is 0. The lowest BCUT2D eigenvalue weighted by Crippen LogP contribution is -2.36. The van der Waals surface area contributed by atoms with Crippen molar-refractivity contribution in [1.82, 2.24) is 25.5 Å². The summed E-state index contributed by atoms with van der Waals surface area (Å²) in [6.07, 6.45) is 0.860. The monoisotopic (exact) mass is 211 g/mol. The van der Waals surface area contributed by atoms with E-state index < -0.39 is 0 Å². The maximum atomic E-state index is 4.23. The van der Waals surface area contributed by atoms with Crippen molar-refractivity contribution in [2.24, 2.45) is 18.4 Å². The molecule has 1 heterocycles. The van der Waals surface area contributed by atoms with Crippen molar-refractivity contribution in [2.45, 2.75) is 27.2 Å². The molecule has 1 rings (SSSR count). The Morgan fingerprint density at radius 1 is 1.47 bits per heavy atom. The topological polar surface area (TPSA) is 55.6 Å². The van der Waals surface area contributed by atoms with Gasteiger partial charge in [0.1, 0.15) is 0 Å². The van der Waals surface area contributed by atoms with Crippen LogP contribution in [0.15, 0.2) is 0 Å². The second kappa shape index (κ2) is 4.70. The summed E-state index contributed by atoms with van der Waals surface area (Å²) in [5, 5.41) is 15.4. The molecule has 0 saturated carbocycles. The number of hydrogen-bond acceptors (Lipinski definition) is 4. The molecule has 0 aromatic carbocycles. The van der Waals surface area contributed by atoms with Crippen molar-refractivity contribution in [3.05, 3.63) is 5.82 Å². The second-order valence-corrected chi connectivity index (χ2v) is 4.71. The van der Waals surface area contributed by atoms with Crippen LogP contribution in [0.1, 0.15) is 26.6 Å². The minimum atomic E-state index is 0.178. The minimum absolute atomic E-state index is 0.178. The van der Waals surface area contributed by atoms with Crippen molar-refractivity contribution in [2.75, 3.05) is 13.6 Å². The van der Waals surface area contributed by atoms with Crippen LogP contribution in [0.5, 0.6) is 0 Å². The van der Waals surface area contributed by atoms with Crippen LogP contribution in [-0.4, -0.2) is 33.8 Å². The molecule has 0 bridgehead atoms. The maximum absolute atomic E-state index is 4.23. The molecule has 0 saturated heterocycles. The highest BCUT2D eigenvalue weighted by atomic mass is 15.6. The lowest BCUT2D eigenvalue weighted by atomic mass is 9.76. The first kappa shape index (κ1) is 12.1. The van der Waals surface area contributed by atoms with E-state index in [4.69, 9.17) is 0 Å². The number of rotatable bonds is 5. The van der Waals surface area contributed by atoms with Gasteiger partial charge in [0, 0.05) is 13.0 Å². The average Bonchev–Trinajstić information content (AvgIpc) is 2.51. The fourth-order valence-corrected chi connectivity index (χ4v) is 1.63. The standard InChI is InChI=1S/C10H21N5/c1-8(2)10(3,7-11-4)6-9-12-14-15(5)13-9/h8,11H,6-7H2,1-5H3. The molecule has 0 amide bonds. The highest BCUT2D eigenvalue weighted by Gasteiger charge is 2.29. The predicted octanol–water partition coefficient (Wildman–Crippen LogP) is 0.634. The minimum Gasteiger partial charge on any atom is -0.319 e. The first-order valence-corrected chi connectivity index (χ1v) is 5.35. The molecule has 1 atom stereocenters. The summed E-state index contributed by atoms with van der Waals surface area (Å²) in [7, 11) is 3.77. The fourth-order valence-electron chi connectivity index (χ4n) is 1.63. The van der Waals surface area contributed by atoms with Gasteiger partial charge < -0.3 is 5.32 Å². The normalized spacial score (nSPS) is 15.6.